The predicted molar refractivity (Wildman–Crippen MR) is 88.4 cm³/mol. The molecule has 0 radical (unpaired) electrons. The minimum Gasteiger partial charge on any atom is -0.396 e. The van der Waals surface area contributed by atoms with Crippen LogP contribution in [-0.4, -0.2) is 11.7 Å². The SMILES string of the molecule is OCCCCC1=CCc2ccc3cccc4c3c2C1C=C4. The molecule has 0 amide bonds. The van der Waals surface area contributed by atoms with Crippen LogP contribution in [0.4, 0.5) is 0 Å². The van der Waals surface area contributed by atoms with Gasteiger partial charge in [-0.1, -0.05) is 54.1 Å². The molecule has 4 rings (SSSR count). The molecule has 1 nitrogen and oxygen atoms in total. The summed E-state index contributed by atoms with van der Waals surface area (Å²) in [5.41, 5.74) is 5.91. The van der Waals surface area contributed by atoms with Crippen molar-refractivity contribution in [2.45, 2.75) is 31.6 Å². The predicted octanol–water partition coefficient (Wildman–Crippen LogP) is 4.60. The number of allylic oxidation sites excluding steroid dienone is 3. The molecule has 0 spiro atoms. The highest BCUT2D eigenvalue weighted by atomic mass is 16.2. The maximum atomic E-state index is 8.99. The Morgan fingerprint density at radius 1 is 1.10 bits per heavy atom. The molecule has 1 N–H and O–H groups in total. The molecule has 0 saturated carbocycles. The molecule has 2 aliphatic carbocycles. The van der Waals surface area contributed by atoms with Gasteiger partial charge in [0.15, 0.2) is 0 Å². The highest BCUT2D eigenvalue weighted by Crippen LogP contribution is 2.44. The zero-order chi connectivity index (χ0) is 14.2. The van der Waals surface area contributed by atoms with Gasteiger partial charge in [-0.25, -0.2) is 0 Å². The van der Waals surface area contributed by atoms with Crippen LogP contribution in [0.25, 0.3) is 16.8 Å². The first-order chi connectivity index (χ1) is 10.4. The standard InChI is InChI=1S/C20H20O/c21-13-2-1-4-14-7-8-17-10-9-15-5-3-6-16-11-12-18(14)20(17)19(15)16/h3,5-7,9-12,18,21H,1-2,4,8,13H2. The number of hydrogen-bond donors (Lipinski definition) is 1. The van der Waals surface area contributed by atoms with Crippen LogP contribution in [0.1, 0.15) is 41.9 Å². The Labute approximate surface area is 125 Å². The van der Waals surface area contributed by atoms with Crippen LogP contribution in [-0.2, 0) is 6.42 Å². The second kappa shape index (κ2) is 5.16. The summed E-state index contributed by atoms with van der Waals surface area (Å²) in [6.07, 6.45) is 11.2. The van der Waals surface area contributed by atoms with Gasteiger partial charge in [0, 0.05) is 12.5 Å². The van der Waals surface area contributed by atoms with E-state index < -0.39 is 0 Å². The van der Waals surface area contributed by atoms with E-state index in [1.54, 1.807) is 0 Å². The van der Waals surface area contributed by atoms with Gasteiger partial charge < -0.3 is 5.11 Å². The molecule has 1 unspecified atom stereocenters. The van der Waals surface area contributed by atoms with Crippen molar-refractivity contribution in [1.29, 1.82) is 0 Å². The maximum absolute atomic E-state index is 8.99. The van der Waals surface area contributed by atoms with Crippen LogP contribution in [0.2, 0.25) is 0 Å². The molecule has 0 heterocycles. The number of rotatable bonds is 4. The number of unbranched alkanes of at least 4 members (excludes halogenated alkanes) is 1. The molecule has 1 heteroatoms. The fraction of sp³-hybridized carbons (Fsp3) is 0.300. The smallest absolute Gasteiger partial charge is 0.0431 e. The highest BCUT2D eigenvalue weighted by molar-refractivity contribution is 5.97. The van der Waals surface area contributed by atoms with Crippen LogP contribution in [0.5, 0.6) is 0 Å². The van der Waals surface area contributed by atoms with Gasteiger partial charge in [0.25, 0.3) is 0 Å². The van der Waals surface area contributed by atoms with Crippen molar-refractivity contribution in [3.63, 3.8) is 0 Å². The fourth-order valence-corrected chi connectivity index (χ4v) is 3.82. The Balaban J connectivity index is 1.80. The Hall–Kier alpha value is -1.86. The summed E-state index contributed by atoms with van der Waals surface area (Å²) in [7, 11) is 0. The summed E-state index contributed by atoms with van der Waals surface area (Å²) < 4.78 is 0. The van der Waals surface area contributed by atoms with E-state index in [9.17, 15) is 0 Å². The van der Waals surface area contributed by atoms with E-state index in [2.05, 4.69) is 48.6 Å². The van der Waals surface area contributed by atoms with Crippen LogP contribution in [0.3, 0.4) is 0 Å². The molecule has 106 valence electrons. The third-order valence-electron chi connectivity index (χ3n) is 4.84. The van der Waals surface area contributed by atoms with Crippen LogP contribution in [0.15, 0.2) is 48.1 Å². The average molecular weight is 276 g/mol. The largest absolute Gasteiger partial charge is 0.396 e. The molecule has 21 heavy (non-hydrogen) atoms. The molecule has 0 aromatic heterocycles. The molecule has 2 aromatic rings. The van der Waals surface area contributed by atoms with Gasteiger partial charge in [0.05, 0.1) is 0 Å². The second-order valence-corrected chi connectivity index (χ2v) is 6.08. The Bertz CT molecular complexity index is 752. The lowest BCUT2D eigenvalue weighted by molar-refractivity contribution is 0.284. The van der Waals surface area contributed by atoms with Crippen LogP contribution < -0.4 is 0 Å². The monoisotopic (exact) mass is 276 g/mol. The van der Waals surface area contributed by atoms with Gasteiger partial charge in [-0.05, 0) is 53.1 Å². The summed E-state index contributed by atoms with van der Waals surface area (Å²) in [6.45, 7) is 0.303. The van der Waals surface area contributed by atoms with Gasteiger partial charge in [0.2, 0.25) is 0 Å². The molecule has 0 saturated heterocycles. The fourth-order valence-electron chi connectivity index (χ4n) is 3.82. The van der Waals surface area contributed by atoms with E-state index in [4.69, 9.17) is 5.11 Å². The van der Waals surface area contributed by atoms with Gasteiger partial charge in [0.1, 0.15) is 0 Å². The van der Waals surface area contributed by atoms with Crippen molar-refractivity contribution < 1.29 is 5.11 Å². The first-order valence-corrected chi connectivity index (χ1v) is 7.91. The number of aliphatic hydroxyl groups excluding tert-OH is 1. The first kappa shape index (κ1) is 12.8. The summed E-state index contributed by atoms with van der Waals surface area (Å²) >= 11 is 0. The number of benzene rings is 2. The number of aliphatic hydroxyl groups is 1. The summed E-state index contributed by atoms with van der Waals surface area (Å²) in [5, 5.41) is 11.8. The lowest BCUT2D eigenvalue weighted by atomic mass is 9.74. The average Bonchev–Trinajstić information content (AvgIpc) is 2.54. The van der Waals surface area contributed by atoms with E-state index >= 15 is 0 Å². The maximum Gasteiger partial charge on any atom is 0.0431 e. The normalized spacial score (nSPS) is 18.9. The van der Waals surface area contributed by atoms with E-state index in [1.807, 2.05) is 0 Å². The molecule has 0 fully saturated rings. The van der Waals surface area contributed by atoms with Crippen LogP contribution >= 0.6 is 0 Å². The Morgan fingerprint density at radius 3 is 2.95 bits per heavy atom. The summed E-state index contributed by atoms with van der Waals surface area (Å²) in [6, 6.07) is 11.2. The van der Waals surface area contributed by atoms with Gasteiger partial charge >= 0.3 is 0 Å². The minimum absolute atomic E-state index is 0.303. The van der Waals surface area contributed by atoms with Crippen molar-refractivity contribution in [3.05, 3.63) is 64.7 Å². The molecule has 2 aliphatic rings. The molecule has 2 aromatic carbocycles. The third-order valence-corrected chi connectivity index (χ3v) is 4.84. The lowest BCUT2D eigenvalue weighted by Crippen LogP contribution is -2.12. The Morgan fingerprint density at radius 2 is 2.05 bits per heavy atom. The van der Waals surface area contributed by atoms with Gasteiger partial charge in [-0.2, -0.15) is 0 Å². The quantitative estimate of drug-likeness (QED) is 0.639. The highest BCUT2D eigenvalue weighted by Gasteiger charge is 2.26. The summed E-state index contributed by atoms with van der Waals surface area (Å²) in [4.78, 5) is 0. The zero-order valence-corrected chi connectivity index (χ0v) is 12.2. The topological polar surface area (TPSA) is 20.2 Å². The first-order valence-electron chi connectivity index (χ1n) is 7.91. The van der Waals surface area contributed by atoms with E-state index in [1.165, 1.54) is 33.0 Å². The minimum atomic E-state index is 0.303. The van der Waals surface area contributed by atoms with Crippen molar-refractivity contribution in [2.24, 2.45) is 0 Å². The molecule has 1 atom stereocenters. The van der Waals surface area contributed by atoms with Crippen molar-refractivity contribution in [1.82, 2.24) is 0 Å². The Kier molecular flexibility index (Phi) is 3.16. The van der Waals surface area contributed by atoms with Crippen molar-refractivity contribution >= 4 is 16.8 Å². The molecule has 0 aliphatic heterocycles. The van der Waals surface area contributed by atoms with Gasteiger partial charge in [-0.3, -0.25) is 0 Å². The zero-order valence-electron chi connectivity index (χ0n) is 12.2. The van der Waals surface area contributed by atoms with E-state index in [0.29, 0.717) is 12.5 Å². The number of hydrogen-bond acceptors (Lipinski definition) is 1. The lowest BCUT2D eigenvalue weighted by Gasteiger charge is -2.30. The molecule has 0 bridgehead atoms. The van der Waals surface area contributed by atoms with E-state index in [-0.39, 0.29) is 0 Å². The van der Waals surface area contributed by atoms with Crippen LogP contribution in [0, 0.1) is 0 Å². The second-order valence-electron chi connectivity index (χ2n) is 6.08. The summed E-state index contributed by atoms with van der Waals surface area (Å²) in [5.74, 6) is 0.450. The van der Waals surface area contributed by atoms with E-state index in [0.717, 1.165) is 25.7 Å². The molecular weight excluding hydrogens is 256 g/mol. The van der Waals surface area contributed by atoms with Crippen molar-refractivity contribution in [3.8, 4) is 0 Å². The molecular formula is C20H20O. The third kappa shape index (κ3) is 2.04. The van der Waals surface area contributed by atoms with Gasteiger partial charge in [-0.15, -0.1) is 0 Å². The van der Waals surface area contributed by atoms with Crippen molar-refractivity contribution in [2.75, 3.05) is 6.61 Å².